The van der Waals surface area contributed by atoms with Crippen LogP contribution in [0.1, 0.15) is 36.8 Å². The van der Waals surface area contributed by atoms with Crippen molar-refractivity contribution in [2.24, 2.45) is 5.92 Å². The fourth-order valence-electron chi connectivity index (χ4n) is 4.78. The molecule has 0 radical (unpaired) electrons. The Morgan fingerprint density at radius 2 is 2.07 bits per heavy atom. The Morgan fingerprint density at radius 1 is 1.21 bits per heavy atom. The fourth-order valence-corrected chi connectivity index (χ4v) is 4.78. The molecule has 0 bridgehead atoms. The number of rotatable bonds is 6. The van der Waals surface area contributed by atoms with Crippen molar-refractivity contribution in [2.45, 2.75) is 44.8 Å². The highest BCUT2D eigenvalue weighted by Crippen LogP contribution is 2.26. The molecule has 4 rings (SSSR count). The highest BCUT2D eigenvalue weighted by molar-refractivity contribution is 5.78. The molecular formula is C23H32N4O2. The lowest BCUT2D eigenvalue weighted by Gasteiger charge is -2.42. The van der Waals surface area contributed by atoms with E-state index in [9.17, 15) is 4.79 Å². The highest BCUT2D eigenvalue weighted by atomic mass is 16.3. The molecule has 2 saturated heterocycles. The van der Waals surface area contributed by atoms with Gasteiger partial charge in [-0.15, -0.1) is 0 Å². The van der Waals surface area contributed by atoms with Gasteiger partial charge in [-0.25, -0.2) is 0 Å². The van der Waals surface area contributed by atoms with Gasteiger partial charge in [-0.2, -0.15) is 0 Å². The van der Waals surface area contributed by atoms with Gasteiger partial charge in [-0.1, -0.05) is 6.07 Å². The quantitative estimate of drug-likeness (QED) is 0.751. The Balaban J connectivity index is 1.26. The van der Waals surface area contributed by atoms with E-state index in [4.69, 9.17) is 4.42 Å². The van der Waals surface area contributed by atoms with E-state index in [1.807, 2.05) is 36.5 Å². The summed E-state index contributed by atoms with van der Waals surface area (Å²) in [6.45, 7) is 5.88. The van der Waals surface area contributed by atoms with Crippen molar-refractivity contribution in [1.82, 2.24) is 19.7 Å². The van der Waals surface area contributed by atoms with Crippen LogP contribution in [-0.4, -0.2) is 64.9 Å². The zero-order valence-electron chi connectivity index (χ0n) is 17.4. The first kappa shape index (κ1) is 20.1. The molecule has 2 aliphatic heterocycles. The van der Waals surface area contributed by atoms with Gasteiger partial charge in [-0.05, 0) is 63.0 Å². The second kappa shape index (κ2) is 9.55. The summed E-state index contributed by atoms with van der Waals surface area (Å²) in [6.07, 6.45) is 11.7. The first-order valence-corrected chi connectivity index (χ1v) is 10.8. The molecule has 2 fully saturated rings. The highest BCUT2D eigenvalue weighted by Gasteiger charge is 2.32. The third-order valence-corrected chi connectivity index (χ3v) is 6.38. The zero-order valence-corrected chi connectivity index (χ0v) is 17.4. The summed E-state index contributed by atoms with van der Waals surface area (Å²) < 4.78 is 5.13. The lowest BCUT2D eigenvalue weighted by Crippen LogP contribution is -2.50. The molecule has 156 valence electrons. The van der Waals surface area contributed by atoms with Crippen LogP contribution < -0.4 is 0 Å². The molecule has 0 aliphatic carbocycles. The SMILES string of the molecule is CN(Cc1ccoc1)C(=O)[C@@H]1CCCN(C2CCN(Cc3cccnc3)CC2)C1. The van der Waals surface area contributed by atoms with Gasteiger partial charge in [0.05, 0.1) is 18.4 Å². The molecule has 1 amide bonds. The Hall–Kier alpha value is -2.18. The van der Waals surface area contributed by atoms with Gasteiger partial charge in [0.1, 0.15) is 0 Å². The van der Waals surface area contributed by atoms with Gasteiger partial charge in [-0.3, -0.25) is 19.6 Å². The molecular weight excluding hydrogens is 364 g/mol. The second-order valence-electron chi connectivity index (χ2n) is 8.53. The smallest absolute Gasteiger partial charge is 0.227 e. The number of carbonyl (C=O) groups excluding carboxylic acids is 1. The maximum Gasteiger partial charge on any atom is 0.227 e. The Labute approximate surface area is 173 Å². The monoisotopic (exact) mass is 396 g/mol. The van der Waals surface area contributed by atoms with E-state index in [2.05, 4.69) is 20.9 Å². The molecule has 0 spiro atoms. The van der Waals surface area contributed by atoms with Crippen LogP contribution in [0.4, 0.5) is 0 Å². The lowest BCUT2D eigenvalue weighted by molar-refractivity contribution is -0.137. The predicted octanol–water partition coefficient (Wildman–Crippen LogP) is 3.01. The molecule has 6 heteroatoms. The van der Waals surface area contributed by atoms with Crippen molar-refractivity contribution in [3.05, 3.63) is 54.2 Å². The van der Waals surface area contributed by atoms with Crippen LogP contribution >= 0.6 is 0 Å². The summed E-state index contributed by atoms with van der Waals surface area (Å²) in [5.41, 5.74) is 2.34. The average molecular weight is 397 g/mol. The van der Waals surface area contributed by atoms with E-state index in [0.29, 0.717) is 12.6 Å². The predicted molar refractivity (Wildman–Crippen MR) is 112 cm³/mol. The van der Waals surface area contributed by atoms with Crippen LogP contribution in [0.3, 0.4) is 0 Å². The standard InChI is InChI=1S/C23H32N4O2/c1-25(15-20-8-13-29-18-20)23(28)21-5-3-10-27(17-21)22-6-11-26(12-7-22)16-19-4-2-9-24-14-19/h2,4,8-9,13-14,18,21-22H,3,5-7,10-12,15-17H2,1H3/t21-/m1/s1. The summed E-state index contributed by atoms with van der Waals surface area (Å²) in [5, 5.41) is 0. The lowest BCUT2D eigenvalue weighted by atomic mass is 9.92. The molecule has 4 heterocycles. The minimum absolute atomic E-state index is 0.120. The molecule has 0 aromatic carbocycles. The topological polar surface area (TPSA) is 52.8 Å². The van der Waals surface area contributed by atoms with E-state index >= 15 is 0 Å². The van der Waals surface area contributed by atoms with Gasteiger partial charge in [0.2, 0.25) is 5.91 Å². The first-order valence-electron chi connectivity index (χ1n) is 10.8. The van der Waals surface area contributed by atoms with Crippen LogP contribution in [0.2, 0.25) is 0 Å². The van der Waals surface area contributed by atoms with Crippen LogP contribution in [0.25, 0.3) is 0 Å². The molecule has 0 unspecified atom stereocenters. The number of hydrogen-bond acceptors (Lipinski definition) is 5. The number of carbonyl (C=O) groups is 1. The van der Waals surface area contributed by atoms with E-state index in [0.717, 1.165) is 51.1 Å². The number of aromatic nitrogens is 1. The van der Waals surface area contributed by atoms with Crippen molar-refractivity contribution in [2.75, 3.05) is 33.2 Å². The summed E-state index contributed by atoms with van der Waals surface area (Å²) in [6, 6.07) is 6.70. The molecule has 6 nitrogen and oxygen atoms in total. The summed E-state index contributed by atoms with van der Waals surface area (Å²) in [5.74, 6) is 0.388. The normalized spacial score (nSPS) is 21.9. The second-order valence-corrected chi connectivity index (χ2v) is 8.53. The summed E-state index contributed by atoms with van der Waals surface area (Å²) in [4.78, 5) is 24.2. The number of pyridine rings is 1. The minimum atomic E-state index is 0.120. The van der Waals surface area contributed by atoms with Gasteiger partial charge in [0.25, 0.3) is 0 Å². The third kappa shape index (κ3) is 5.25. The molecule has 0 saturated carbocycles. The number of piperidine rings is 2. The number of furan rings is 1. The van der Waals surface area contributed by atoms with E-state index < -0.39 is 0 Å². The molecule has 29 heavy (non-hydrogen) atoms. The van der Waals surface area contributed by atoms with Crippen molar-refractivity contribution >= 4 is 5.91 Å². The Morgan fingerprint density at radius 3 is 2.79 bits per heavy atom. The maximum absolute atomic E-state index is 13.0. The summed E-state index contributed by atoms with van der Waals surface area (Å²) >= 11 is 0. The van der Waals surface area contributed by atoms with Crippen LogP contribution in [-0.2, 0) is 17.9 Å². The van der Waals surface area contributed by atoms with Gasteiger partial charge < -0.3 is 9.32 Å². The summed E-state index contributed by atoms with van der Waals surface area (Å²) in [7, 11) is 1.91. The van der Waals surface area contributed by atoms with Crippen molar-refractivity contribution in [3.8, 4) is 0 Å². The van der Waals surface area contributed by atoms with E-state index in [1.165, 1.54) is 18.4 Å². The number of nitrogens with zero attached hydrogens (tertiary/aromatic N) is 4. The van der Waals surface area contributed by atoms with Crippen molar-refractivity contribution < 1.29 is 9.21 Å². The van der Waals surface area contributed by atoms with E-state index in [-0.39, 0.29) is 11.8 Å². The van der Waals surface area contributed by atoms with Crippen molar-refractivity contribution in [1.29, 1.82) is 0 Å². The third-order valence-electron chi connectivity index (χ3n) is 6.38. The maximum atomic E-state index is 13.0. The van der Waals surface area contributed by atoms with E-state index in [1.54, 1.807) is 12.5 Å². The average Bonchev–Trinajstić information content (AvgIpc) is 3.27. The van der Waals surface area contributed by atoms with Gasteiger partial charge >= 0.3 is 0 Å². The van der Waals surface area contributed by atoms with Crippen LogP contribution in [0, 0.1) is 5.92 Å². The van der Waals surface area contributed by atoms with Crippen LogP contribution in [0.15, 0.2) is 47.5 Å². The Bertz CT molecular complexity index is 756. The van der Waals surface area contributed by atoms with Gasteiger partial charge in [0.15, 0.2) is 0 Å². The van der Waals surface area contributed by atoms with Gasteiger partial charge in [0, 0.05) is 50.7 Å². The number of likely N-dealkylation sites (tertiary alicyclic amines) is 2. The minimum Gasteiger partial charge on any atom is -0.472 e. The number of hydrogen-bond donors (Lipinski definition) is 0. The Kier molecular flexibility index (Phi) is 6.62. The number of amides is 1. The molecule has 2 aromatic heterocycles. The molecule has 0 N–H and O–H groups in total. The molecule has 2 aliphatic rings. The zero-order chi connectivity index (χ0) is 20.1. The van der Waals surface area contributed by atoms with Crippen LogP contribution in [0.5, 0.6) is 0 Å². The van der Waals surface area contributed by atoms with Crippen molar-refractivity contribution in [3.63, 3.8) is 0 Å². The molecule has 1 atom stereocenters. The largest absolute Gasteiger partial charge is 0.472 e. The fraction of sp³-hybridized carbons (Fsp3) is 0.565. The molecule has 2 aromatic rings. The first-order chi connectivity index (χ1) is 14.2.